The van der Waals surface area contributed by atoms with Gasteiger partial charge in [0.05, 0.1) is 11.5 Å². The number of rotatable bonds is 8. The van der Waals surface area contributed by atoms with Gasteiger partial charge in [-0.3, -0.25) is 14.4 Å². The lowest BCUT2D eigenvalue weighted by molar-refractivity contribution is -0.139. The van der Waals surface area contributed by atoms with Gasteiger partial charge < -0.3 is 10.1 Å². The van der Waals surface area contributed by atoms with E-state index in [1.165, 1.54) is 0 Å². The number of carbonyl (C=O) groups is 3. The van der Waals surface area contributed by atoms with Crippen LogP contribution in [0.15, 0.2) is 42.5 Å². The smallest absolute Gasteiger partial charge is 0.316 e. The van der Waals surface area contributed by atoms with E-state index in [-0.39, 0.29) is 35.2 Å². The molecule has 0 aliphatic heterocycles. The van der Waals surface area contributed by atoms with Gasteiger partial charge in [-0.1, -0.05) is 62.7 Å². The highest BCUT2D eigenvalue weighted by Crippen LogP contribution is 2.22. The van der Waals surface area contributed by atoms with Crippen molar-refractivity contribution in [3.8, 4) is 0 Å². The van der Waals surface area contributed by atoms with Crippen LogP contribution < -0.4 is 5.32 Å². The molecule has 0 spiro atoms. The number of nitrogens with one attached hydrogen (secondary N) is 1. The molecule has 2 aromatic rings. The molecule has 0 unspecified atom stereocenters. The van der Waals surface area contributed by atoms with E-state index >= 15 is 0 Å². The molecule has 1 N–H and O–H groups in total. The van der Waals surface area contributed by atoms with Crippen molar-refractivity contribution in [1.29, 1.82) is 0 Å². The fraction of sp³-hybridized carbons (Fsp3) is 0.375. The average molecular weight is 428 g/mol. The first kappa shape index (κ1) is 23.7. The van der Waals surface area contributed by atoms with E-state index in [2.05, 4.69) is 26.1 Å². The predicted molar refractivity (Wildman–Crippen MR) is 122 cm³/mol. The molecular formula is C24H29NO4S. The number of hydrogen-bond acceptors (Lipinski definition) is 5. The highest BCUT2D eigenvalue weighted by molar-refractivity contribution is 8.00. The lowest BCUT2D eigenvalue weighted by Gasteiger charge is -2.18. The third-order valence-corrected chi connectivity index (χ3v) is 5.45. The molecule has 0 aromatic heterocycles. The minimum absolute atomic E-state index is 0.00963. The molecule has 0 aliphatic rings. The van der Waals surface area contributed by atoms with Gasteiger partial charge in [-0.2, -0.15) is 0 Å². The Morgan fingerprint density at radius 2 is 1.63 bits per heavy atom. The first-order valence-corrected chi connectivity index (χ1v) is 11.0. The van der Waals surface area contributed by atoms with Gasteiger partial charge >= 0.3 is 5.97 Å². The molecule has 2 rings (SSSR count). The molecule has 0 saturated heterocycles. The van der Waals surface area contributed by atoms with Crippen molar-refractivity contribution < 1.29 is 19.1 Å². The maximum Gasteiger partial charge on any atom is 0.316 e. The minimum atomic E-state index is -0.515. The zero-order chi connectivity index (χ0) is 22.3. The lowest BCUT2D eigenvalue weighted by Crippen LogP contribution is -2.19. The molecule has 0 saturated carbocycles. The summed E-state index contributed by atoms with van der Waals surface area (Å²) in [5.74, 6) is -0.809. The molecule has 160 valence electrons. The van der Waals surface area contributed by atoms with E-state index in [4.69, 9.17) is 4.74 Å². The van der Waals surface area contributed by atoms with Crippen LogP contribution in [0.5, 0.6) is 0 Å². The number of Topliss-reactive ketones (excluding diaryl/α,β-unsaturated/α-hetero) is 1. The van der Waals surface area contributed by atoms with Gasteiger partial charge in [-0.05, 0) is 36.5 Å². The SMILES string of the molecule is Cc1ccc(NC(=O)CSCC(=O)OCC(=O)c2ccc(C(C)(C)C)cc2)c(C)c1. The number of esters is 1. The van der Waals surface area contributed by atoms with Crippen molar-refractivity contribution in [2.45, 2.75) is 40.0 Å². The Balaban J connectivity index is 1.71. The Labute approximate surface area is 182 Å². The van der Waals surface area contributed by atoms with E-state index in [1.807, 2.05) is 44.2 Å². The quantitative estimate of drug-likeness (QED) is 0.488. The van der Waals surface area contributed by atoms with Crippen LogP contribution in [-0.2, 0) is 19.7 Å². The summed E-state index contributed by atoms with van der Waals surface area (Å²) in [5, 5.41) is 2.83. The molecule has 0 bridgehead atoms. The number of thioether (sulfide) groups is 1. The molecule has 1 amide bonds. The number of amides is 1. The fourth-order valence-corrected chi connectivity index (χ4v) is 3.40. The number of anilines is 1. The molecule has 6 heteroatoms. The van der Waals surface area contributed by atoms with Gasteiger partial charge in [0.1, 0.15) is 0 Å². The van der Waals surface area contributed by atoms with Crippen molar-refractivity contribution in [1.82, 2.24) is 0 Å². The number of ketones is 1. The summed E-state index contributed by atoms with van der Waals surface area (Å²) in [6.07, 6.45) is 0. The van der Waals surface area contributed by atoms with Crippen LogP contribution in [0, 0.1) is 13.8 Å². The Morgan fingerprint density at radius 3 is 2.23 bits per heavy atom. The Bertz CT molecular complexity index is 914. The van der Waals surface area contributed by atoms with Crippen molar-refractivity contribution in [3.05, 3.63) is 64.7 Å². The van der Waals surface area contributed by atoms with Gasteiger partial charge in [0.25, 0.3) is 0 Å². The highest BCUT2D eigenvalue weighted by atomic mass is 32.2. The van der Waals surface area contributed by atoms with Crippen LogP contribution >= 0.6 is 11.8 Å². The van der Waals surface area contributed by atoms with Crippen LogP contribution in [0.25, 0.3) is 0 Å². The van der Waals surface area contributed by atoms with Crippen molar-refractivity contribution in [3.63, 3.8) is 0 Å². The number of benzene rings is 2. The molecule has 0 fully saturated rings. The second-order valence-corrected chi connectivity index (χ2v) is 9.26. The largest absolute Gasteiger partial charge is 0.457 e. The number of aryl methyl sites for hydroxylation is 2. The number of ether oxygens (including phenoxy) is 1. The highest BCUT2D eigenvalue weighted by Gasteiger charge is 2.15. The van der Waals surface area contributed by atoms with E-state index < -0.39 is 5.97 Å². The Morgan fingerprint density at radius 1 is 0.967 bits per heavy atom. The van der Waals surface area contributed by atoms with Gasteiger partial charge in [-0.25, -0.2) is 0 Å². The van der Waals surface area contributed by atoms with Gasteiger partial charge in [0.2, 0.25) is 5.91 Å². The molecule has 0 aliphatic carbocycles. The summed E-state index contributed by atoms with van der Waals surface area (Å²) in [7, 11) is 0. The van der Waals surface area contributed by atoms with Gasteiger partial charge in [0.15, 0.2) is 12.4 Å². The summed E-state index contributed by atoms with van der Waals surface area (Å²) in [4.78, 5) is 36.1. The molecule has 5 nitrogen and oxygen atoms in total. The zero-order valence-electron chi connectivity index (χ0n) is 18.2. The van der Waals surface area contributed by atoms with Crippen LogP contribution in [0.3, 0.4) is 0 Å². The van der Waals surface area contributed by atoms with Crippen molar-refractivity contribution >= 4 is 35.1 Å². The van der Waals surface area contributed by atoms with E-state index in [1.54, 1.807) is 12.1 Å². The summed E-state index contributed by atoms with van der Waals surface area (Å²) < 4.78 is 5.05. The standard InChI is InChI=1S/C24H29NO4S/c1-16-6-11-20(17(2)12-16)25-22(27)14-30-15-23(28)29-13-21(26)18-7-9-19(10-8-18)24(3,4)5/h6-12H,13-15H2,1-5H3,(H,25,27). The van der Waals surface area contributed by atoms with Crippen LogP contribution in [-0.4, -0.2) is 35.8 Å². The second-order valence-electron chi connectivity index (χ2n) is 8.27. The van der Waals surface area contributed by atoms with E-state index in [0.29, 0.717) is 5.56 Å². The van der Waals surface area contributed by atoms with Crippen molar-refractivity contribution in [2.24, 2.45) is 0 Å². The monoisotopic (exact) mass is 427 g/mol. The van der Waals surface area contributed by atoms with Crippen molar-refractivity contribution in [2.75, 3.05) is 23.4 Å². The van der Waals surface area contributed by atoms with E-state index in [0.717, 1.165) is 34.1 Å². The Hall–Kier alpha value is -2.60. The summed E-state index contributed by atoms with van der Waals surface area (Å²) in [6, 6.07) is 13.1. The average Bonchev–Trinajstić information content (AvgIpc) is 2.67. The molecule has 0 heterocycles. The third kappa shape index (κ3) is 7.34. The summed E-state index contributed by atoms with van der Waals surface area (Å²) in [5.41, 5.74) is 4.53. The lowest BCUT2D eigenvalue weighted by atomic mass is 9.86. The third-order valence-electron chi connectivity index (χ3n) is 4.55. The fourth-order valence-electron chi connectivity index (χ4n) is 2.79. The first-order chi connectivity index (χ1) is 14.1. The molecule has 2 aromatic carbocycles. The number of carbonyl (C=O) groups excluding carboxylic acids is 3. The molecule has 30 heavy (non-hydrogen) atoms. The van der Waals surface area contributed by atoms with Crippen LogP contribution in [0.2, 0.25) is 0 Å². The van der Waals surface area contributed by atoms with Crippen LogP contribution in [0.1, 0.15) is 47.8 Å². The summed E-state index contributed by atoms with van der Waals surface area (Å²) in [6.45, 7) is 9.93. The maximum absolute atomic E-state index is 12.2. The van der Waals surface area contributed by atoms with Gasteiger partial charge in [-0.15, -0.1) is 11.8 Å². The predicted octanol–water partition coefficient (Wildman–Crippen LogP) is 4.70. The topological polar surface area (TPSA) is 72.5 Å². The normalized spacial score (nSPS) is 11.1. The van der Waals surface area contributed by atoms with E-state index in [9.17, 15) is 14.4 Å². The number of hydrogen-bond donors (Lipinski definition) is 1. The second kappa shape index (κ2) is 10.4. The molecular weight excluding hydrogens is 398 g/mol. The molecule has 0 radical (unpaired) electrons. The zero-order valence-corrected chi connectivity index (χ0v) is 19.0. The van der Waals surface area contributed by atoms with Crippen LogP contribution in [0.4, 0.5) is 5.69 Å². The van der Waals surface area contributed by atoms with Gasteiger partial charge in [0, 0.05) is 11.3 Å². The minimum Gasteiger partial charge on any atom is -0.457 e. The molecule has 0 atom stereocenters. The maximum atomic E-state index is 12.2. The summed E-state index contributed by atoms with van der Waals surface area (Å²) >= 11 is 1.15. The first-order valence-electron chi connectivity index (χ1n) is 9.80. The Kier molecular flexibility index (Phi) is 8.24.